The number of rotatable bonds is 8. The quantitative estimate of drug-likeness (QED) is 0.702. The van der Waals surface area contributed by atoms with E-state index >= 15 is 0 Å². The van der Waals surface area contributed by atoms with E-state index in [2.05, 4.69) is 10.2 Å². The van der Waals surface area contributed by atoms with Crippen LogP contribution in [0, 0.1) is 5.92 Å². The molecule has 2 aliphatic rings. The molecule has 30 heavy (non-hydrogen) atoms. The van der Waals surface area contributed by atoms with Gasteiger partial charge in [0.2, 0.25) is 5.91 Å². The lowest BCUT2D eigenvalue weighted by molar-refractivity contribution is -0.124. The summed E-state index contributed by atoms with van der Waals surface area (Å²) in [5, 5.41) is 11.6. The summed E-state index contributed by atoms with van der Waals surface area (Å²) in [4.78, 5) is 26.2. The van der Waals surface area contributed by atoms with Gasteiger partial charge in [0.1, 0.15) is 12.4 Å². The molecule has 158 valence electrons. The van der Waals surface area contributed by atoms with E-state index in [0.29, 0.717) is 19.0 Å². The molecule has 0 bridgehead atoms. The average molecular weight is 408 g/mol. The number of ketones is 1. The third kappa shape index (κ3) is 5.07. The van der Waals surface area contributed by atoms with Crippen molar-refractivity contribution in [2.75, 3.05) is 19.8 Å². The number of carbonyl (C=O) groups is 2. The number of fused-ring (bicyclic) bond motifs is 1. The van der Waals surface area contributed by atoms with Gasteiger partial charge < -0.3 is 15.2 Å². The summed E-state index contributed by atoms with van der Waals surface area (Å²) in [6, 6.07) is 13.7. The molecule has 0 unspecified atom stereocenters. The van der Waals surface area contributed by atoms with Crippen LogP contribution in [-0.2, 0) is 17.9 Å². The summed E-state index contributed by atoms with van der Waals surface area (Å²) in [6.45, 7) is 3.92. The first-order valence-electron chi connectivity index (χ1n) is 10.5. The molecule has 1 aliphatic heterocycles. The number of amides is 1. The van der Waals surface area contributed by atoms with Crippen LogP contribution in [0.4, 0.5) is 0 Å². The molecule has 1 fully saturated rings. The molecule has 2 aromatic carbocycles. The minimum Gasteiger partial charge on any atom is -0.493 e. The molecule has 4 rings (SSSR count). The van der Waals surface area contributed by atoms with Gasteiger partial charge >= 0.3 is 0 Å². The van der Waals surface area contributed by atoms with Crippen molar-refractivity contribution in [3.8, 4) is 5.75 Å². The van der Waals surface area contributed by atoms with E-state index in [-0.39, 0.29) is 11.8 Å². The highest BCUT2D eigenvalue weighted by atomic mass is 16.5. The Balaban J connectivity index is 1.37. The largest absolute Gasteiger partial charge is 0.493 e. The van der Waals surface area contributed by atoms with Crippen molar-refractivity contribution in [1.82, 2.24) is 10.2 Å². The van der Waals surface area contributed by atoms with Gasteiger partial charge in [-0.05, 0) is 54.5 Å². The molecule has 1 heterocycles. The van der Waals surface area contributed by atoms with Gasteiger partial charge in [-0.2, -0.15) is 0 Å². The van der Waals surface area contributed by atoms with Gasteiger partial charge in [0, 0.05) is 18.7 Å². The van der Waals surface area contributed by atoms with Gasteiger partial charge in [0.05, 0.1) is 19.2 Å². The van der Waals surface area contributed by atoms with Gasteiger partial charge in [0.15, 0.2) is 5.78 Å². The topological polar surface area (TPSA) is 78.9 Å². The highest BCUT2D eigenvalue weighted by molar-refractivity contribution is 6.00. The van der Waals surface area contributed by atoms with Crippen molar-refractivity contribution in [2.24, 2.45) is 5.92 Å². The molecule has 1 amide bonds. The van der Waals surface area contributed by atoms with E-state index in [1.54, 1.807) is 0 Å². The number of nitrogens with one attached hydrogen (secondary N) is 1. The highest BCUT2D eigenvalue weighted by Gasteiger charge is 2.25. The Morgan fingerprint density at radius 1 is 1.20 bits per heavy atom. The second-order valence-corrected chi connectivity index (χ2v) is 8.33. The van der Waals surface area contributed by atoms with Crippen LogP contribution in [0.5, 0.6) is 5.75 Å². The van der Waals surface area contributed by atoms with E-state index < -0.39 is 12.5 Å². The fourth-order valence-electron chi connectivity index (χ4n) is 3.78. The third-order valence-electron chi connectivity index (χ3n) is 5.73. The third-order valence-corrected chi connectivity index (χ3v) is 5.73. The predicted molar refractivity (Wildman–Crippen MR) is 113 cm³/mol. The van der Waals surface area contributed by atoms with Crippen LogP contribution in [0.3, 0.4) is 0 Å². The lowest BCUT2D eigenvalue weighted by atomic mass is 9.97. The zero-order chi connectivity index (χ0) is 21.1. The smallest absolute Gasteiger partial charge is 0.246 e. The van der Waals surface area contributed by atoms with Crippen molar-refractivity contribution in [1.29, 1.82) is 0 Å². The summed E-state index contributed by atoms with van der Waals surface area (Å²) < 4.78 is 5.82. The number of Topliss-reactive ketones (excluding diaryl/α,β-unsaturated/α-hetero) is 1. The van der Waals surface area contributed by atoms with Crippen molar-refractivity contribution >= 4 is 11.7 Å². The van der Waals surface area contributed by atoms with Gasteiger partial charge in [0.25, 0.3) is 0 Å². The Bertz CT molecular complexity index is 921. The predicted octanol–water partition coefficient (Wildman–Crippen LogP) is 2.84. The van der Waals surface area contributed by atoms with Crippen molar-refractivity contribution < 1.29 is 19.4 Å². The molecule has 0 radical (unpaired) electrons. The Morgan fingerprint density at radius 2 is 1.97 bits per heavy atom. The molecule has 1 saturated carbocycles. The number of benzene rings is 2. The molecule has 1 aliphatic carbocycles. The van der Waals surface area contributed by atoms with E-state index in [1.165, 1.54) is 12.8 Å². The Hall–Kier alpha value is -2.70. The van der Waals surface area contributed by atoms with E-state index in [4.69, 9.17) is 9.84 Å². The molecule has 6 heteroatoms. The van der Waals surface area contributed by atoms with Crippen molar-refractivity contribution in [2.45, 2.75) is 38.9 Å². The minimum absolute atomic E-state index is 0.130. The molecular formula is C24H28N2O4. The molecule has 1 atom stereocenters. The van der Waals surface area contributed by atoms with Gasteiger partial charge in [-0.3, -0.25) is 14.5 Å². The van der Waals surface area contributed by atoms with Gasteiger partial charge in [-0.1, -0.05) is 30.3 Å². The van der Waals surface area contributed by atoms with Crippen LogP contribution in [-0.4, -0.2) is 41.5 Å². The minimum atomic E-state index is -0.513. The second kappa shape index (κ2) is 8.98. The maximum Gasteiger partial charge on any atom is 0.246 e. The Morgan fingerprint density at radius 3 is 2.67 bits per heavy atom. The van der Waals surface area contributed by atoms with E-state index in [1.807, 2.05) is 49.4 Å². The molecular weight excluding hydrogens is 380 g/mol. The van der Waals surface area contributed by atoms with E-state index in [0.717, 1.165) is 41.2 Å². The summed E-state index contributed by atoms with van der Waals surface area (Å²) in [5.41, 5.74) is 3.91. The van der Waals surface area contributed by atoms with Crippen LogP contribution in [0.2, 0.25) is 0 Å². The fraction of sp³-hybridized carbons (Fsp3) is 0.417. The number of aliphatic hydroxyl groups excluding tert-OH is 1. The van der Waals surface area contributed by atoms with Gasteiger partial charge in [-0.25, -0.2) is 0 Å². The Labute approximate surface area is 176 Å². The molecule has 0 aromatic heterocycles. The SMILES string of the molecule is C[C@H](NC(=O)CO)c1ccc(CN2CC(=O)c3cc(OCC4CC4)ccc3C2)cc1. The summed E-state index contributed by atoms with van der Waals surface area (Å²) in [6.07, 6.45) is 2.49. The van der Waals surface area contributed by atoms with Crippen LogP contribution in [0.15, 0.2) is 42.5 Å². The number of hydrogen-bond acceptors (Lipinski definition) is 5. The summed E-state index contributed by atoms with van der Waals surface area (Å²) in [7, 11) is 0. The molecule has 2 N–H and O–H groups in total. The molecule has 0 spiro atoms. The maximum absolute atomic E-state index is 12.7. The highest BCUT2D eigenvalue weighted by Crippen LogP contribution is 2.31. The maximum atomic E-state index is 12.7. The Kier molecular flexibility index (Phi) is 6.16. The number of carbonyl (C=O) groups excluding carboxylic acids is 2. The lowest BCUT2D eigenvalue weighted by Gasteiger charge is -2.28. The first-order valence-corrected chi connectivity index (χ1v) is 10.5. The summed E-state index contributed by atoms with van der Waals surface area (Å²) in [5.74, 6) is 1.22. The normalized spacial score (nSPS) is 17.3. The zero-order valence-corrected chi connectivity index (χ0v) is 17.3. The van der Waals surface area contributed by atoms with Crippen molar-refractivity contribution in [3.05, 3.63) is 64.7 Å². The molecule has 0 saturated heterocycles. The molecule has 2 aromatic rings. The number of hydrogen-bond donors (Lipinski definition) is 2. The van der Waals surface area contributed by atoms with Crippen LogP contribution < -0.4 is 10.1 Å². The van der Waals surface area contributed by atoms with Crippen LogP contribution in [0.1, 0.15) is 52.9 Å². The first kappa shape index (κ1) is 20.6. The monoisotopic (exact) mass is 408 g/mol. The van der Waals surface area contributed by atoms with Crippen LogP contribution >= 0.6 is 0 Å². The lowest BCUT2D eigenvalue weighted by Crippen LogP contribution is -2.34. The van der Waals surface area contributed by atoms with Crippen molar-refractivity contribution in [3.63, 3.8) is 0 Å². The van der Waals surface area contributed by atoms with E-state index in [9.17, 15) is 9.59 Å². The first-order chi connectivity index (χ1) is 14.5. The fourth-order valence-corrected chi connectivity index (χ4v) is 3.78. The van der Waals surface area contributed by atoms with Gasteiger partial charge in [-0.15, -0.1) is 0 Å². The number of ether oxygens (including phenoxy) is 1. The number of nitrogens with zero attached hydrogens (tertiary/aromatic N) is 1. The zero-order valence-electron chi connectivity index (χ0n) is 17.3. The second-order valence-electron chi connectivity index (χ2n) is 8.33. The standard InChI is InChI=1S/C24H28N2O4/c1-16(25-24(29)14-27)19-6-4-17(5-7-19)11-26-12-20-8-9-21(30-15-18-2-3-18)10-22(20)23(28)13-26/h4-10,16,18,27H,2-3,11-15H2,1H3,(H,25,29)/t16-/m0/s1. The average Bonchev–Trinajstić information content (AvgIpc) is 3.57. The number of aliphatic hydroxyl groups is 1. The summed E-state index contributed by atoms with van der Waals surface area (Å²) >= 11 is 0. The van der Waals surface area contributed by atoms with Crippen LogP contribution in [0.25, 0.3) is 0 Å². The molecule has 6 nitrogen and oxygen atoms in total.